The van der Waals surface area contributed by atoms with Crippen molar-refractivity contribution in [1.29, 1.82) is 0 Å². The van der Waals surface area contributed by atoms with Gasteiger partial charge in [0.05, 0.1) is 11.5 Å². The fourth-order valence-electron chi connectivity index (χ4n) is 6.22. The van der Waals surface area contributed by atoms with Crippen LogP contribution >= 0.6 is 0 Å². The molecule has 0 unspecified atom stereocenters. The molecular weight excluding hydrogens is 727 g/mol. The van der Waals surface area contributed by atoms with E-state index in [1.165, 1.54) is 95.9 Å². The molecule has 0 spiro atoms. The van der Waals surface area contributed by atoms with E-state index in [1.54, 1.807) is 0 Å². The number of hydrogen-bond acceptors (Lipinski definition) is 2. The quantitative estimate of drug-likeness (QED) is 0.0831. The second-order valence-corrected chi connectivity index (χ2v) is 12.4. The Labute approximate surface area is 284 Å². The van der Waals surface area contributed by atoms with Crippen LogP contribution in [0.25, 0.3) is 39.3 Å². The minimum absolute atomic E-state index is 0. The molecule has 5 rings (SSSR count). The maximum Gasteiger partial charge on any atom is 0.137 e. The molecule has 0 amide bonds. The molecule has 0 saturated heterocycles. The first-order valence-corrected chi connectivity index (χ1v) is 16.7. The standard InChI is InChI=1S/C41H48N3.Ir/c1-6-8-10-12-15-33-19-23-35(24-20-33)37-17-14-18-38(29-37)41-42-32(5)43-44(41)40-30(3)27-39(28-31(40)4)36-25-21-34(22-26-36)16-13-11-9-7-2;/h14,17,19-29H,6-13,15-16H2,1-5H3;/q-1;. The van der Waals surface area contributed by atoms with Crippen molar-refractivity contribution in [1.82, 2.24) is 14.8 Å². The predicted octanol–water partition coefficient (Wildman–Crippen LogP) is 11.2. The molecule has 1 aromatic heterocycles. The van der Waals surface area contributed by atoms with Gasteiger partial charge >= 0.3 is 0 Å². The number of aromatic nitrogens is 3. The molecule has 0 aliphatic carbocycles. The Bertz CT molecular complexity index is 1620. The monoisotopic (exact) mass is 775 g/mol. The normalized spacial score (nSPS) is 11.0. The predicted molar refractivity (Wildman–Crippen MR) is 186 cm³/mol. The van der Waals surface area contributed by atoms with E-state index in [9.17, 15) is 0 Å². The third kappa shape index (κ3) is 8.90. The molecule has 0 bridgehead atoms. The molecule has 3 nitrogen and oxygen atoms in total. The number of aryl methyl sites for hydroxylation is 5. The van der Waals surface area contributed by atoms with Gasteiger partial charge in [0.2, 0.25) is 0 Å². The van der Waals surface area contributed by atoms with E-state index in [2.05, 4.69) is 107 Å². The maximum absolute atomic E-state index is 4.88. The van der Waals surface area contributed by atoms with Crippen LogP contribution in [0.5, 0.6) is 0 Å². The minimum atomic E-state index is 0. The van der Waals surface area contributed by atoms with E-state index < -0.39 is 0 Å². The molecule has 0 atom stereocenters. The summed E-state index contributed by atoms with van der Waals surface area (Å²) in [4.78, 5) is 4.88. The first-order chi connectivity index (χ1) is 21.5. The molecule has 0 aliphatic heterocycles. The molecule has 0 saturated carbocycles. The number of benzene rings is 4. The van der Waals surface area contributed by atoms with E-state index in [1.807, 2.05) is 17.7 Å². The van der Waals surface area contributed by atoms with Gasteiger partial charge in [-0.25, -0.2) is 0 Å². The van der Waals surface area contributed by atoms with Crippen molar-refractivity contribution in [3.8, 4) is 39.3 Å². The number of rotatable bonds is 14. The molecule has 0 aliphatic rings. The molecule has 5 aromatic rings. The molecule has 4 heteroatoms. The first-order valence-electron chi connectivity index (χ1n) is 16.7. The summed E-state index contributed by atoms with van der Waals surface area (Å²) < 4.78 is 2.01. The Hall–Kier alpha value is -3.33. The number of unbranched alkanes of at least 4 members (excludes halogenated alkanes) is 6. The Morgan fingerprint density at radius 2 is 1.13 bits per heavy atom. The second kappa shape index (κ2) is 16.8. The first kappa shape index (κ1) is 34.5. The van der Waals surface area contributed by atoms with E-state index in [0.29, 0.717) is 0 Å². The zero-order chi connectivity index (χ0) is 30.9. The maximum atomic E-state index is 4.88. The van der Waals surface area contributed by atoms with Gasteiger partial charge in [-0.3, -0.25) is 9.67 Å². The summed E-state index contributed by atoms with van der Waals surface area (Å²) >= 11 is 0. The van der Waals surface area contributed by atoms with Gasteiger partial charge in [-0.15, -0.1) is 35.4 Å². The van der Waals surface area contributed by atoms with E-state index in [4.69, 9.17) is 10.1 Å². The second-order valence-electron chi connectivity index (χ2n) is 12.4. The Morgan fingerprint density at radius 1 is 0.600 bits per heavy atom. The summed E-state index contributed by atoms with van der Waals surface area (Å²) in [6, 6.07) is 32.5. The summed E-state index contributed by atoms with van der Waals surface area (Å²) in [7, 11) is 0. The smallest absolute Gasteiger partial charge is 0.137 e. The van der Waals surface area contributed by atoms with Crippen LogP contribution in [0.2, 0.25) is 0 Å². The summed E-state index contributed by atoms with van der Waals surface area (Å²) in [5, 5.41) is 4.88. The van der Waals surface area contributed by atoms with Gasteiger partial charge in [0.15, 0.2) is 0 Å². The van der Waals surface area contributed by atoms with Crippen molar-refractivity contribution in [3.05, 3.63) is 113 Å². The summed E-state index contributed by atoms with van der Waals surface area (Å²) in [5.74, 6) is 1.58. The minimum Gasteiger partial charge on any atom is -0.262 e. The fourth-order valence-corrected chi connectivity index (χ4v) is 6.22. The van der Waals surface area contributed by atoms with Crippen molar-refractivity contribution in [2.24, 2.45) is 0 Å². The van der Waals surface area contributed by atoms with Crippen LogP contribution < -0.4 is 0 Å². The molecule has 1 heterocycles. The van der Waals surface area contributed by atoms with Crippen LogP contribution in [-0.4, -0.2) is 14.8 Å². The Kier molecular flexibility index (Phi) is 12.9. The summed E-state index contributed by atoms with van der Waals surface area (Å²) in [6.07, 6.45) is 12.7. The third-order valence-corrected chi connectivity index (χ3v) is 8.67. The third-order valence-electron chi connectivity index (χ3n) is 8.67. The topological polar surface area (TPSA) is 30.7 Å². The van der Waals surface area contributed by atoms with E-state index in [-0.39, 0.29) is 20.1 Å². The fraction of sp³-hybridized carbons (Fsp3) is 0.366. The Balaban J connectivity index is 0.00000461. The zero-order valence-corrected chi connectivity index (χ0v) is 30.1. The van der Waals surface area contributed by atoms with Crippen molar-refractivity contribution >= 4 is 0 Å². The van der Waals surface area contributed by atoms with Gasteiger partial charge in [0.1, 0.15) is 5.82 Å². The van der Waals surface area contributed by atoms with Crippen molar-refractivity contribution in [2.45, 2.75) is 98.8 Å². The van der Waals surface area contributed by atoms with Crippen LogP contribution in [0.4, 0.5) is 0 Å². The molecule has 45 heavy (non-hydrogen) atoms. The van der Waals surface area contributed by atoms with Crippen molar-refractivity contribution in [2.75, 3.05) is 0 Å². The van der Waals surface area contributed by atoms with E-state index in [0.717, 1.165) is 35.7 Å². The molecule has 4 aromatic carbocycles. The summed E-state index contributed by atoms with van der Waals surface area (Å²) in [5.41, 5.74) is 12.1. The van der Waals surface area contributed by atoms with Crippen LogP contribution in [0.15, 0.2) is 78.9 Å². The van der Waals surface area contributed by atoms with Gasteiger partial charge in [-0.1, -0.05) is 101 Å². The van der Waals surface area contributed by atoms with Gasteiger partial charge in [-0.2, -0.15) is 5.10 Å². The van der Waals surface area contributed by atoms with Crippen LogP contribution in [0.1, 0.15) is 93.3 Å². The Morgan fingerprint density at radius 3 is 1.67 bits per heavy atom. The van der Waals surface area contributed by atoms with Crippen molar-refractivity contribution < 1.29 is 20.1 Å². The van der Waals surface area contributed by atoms with Gasteiger partial charge < -0.3 is 0 Å². The zero-order valence-electron chi connectivity index (χ0n) is 27.8. The van der Waals surface area contributed by atoms with Crippen molar-refractivity contribution in [3.63, 3.8) is 0 Å². The summed E-state index contributed by atoms with van der Waals surface area (Å²) in [6.45, 7) is 10.9. The van der Waals surface area contributed by atoms with E-state index >= 15 is 0 Å². The molecule has 0 N–H and O–H groups in total. The average Bonchev–Trinajstić information content (AvgIpc) is 3.42. The van der Waals surface area contributed by atoms with Gasteiger partial charge in [-0.05, 0) is 97.5 Å². The number of nitrogens with zero attached hydrogens (tertiary/aromatic N) is 3. The molecular formula is C41H48IrN3-. The molecule has 1 radical (unpaired) electrons. The SMILES string of the molecule is CCCCCCc1ccc(-c2cc[c-]c(-c3nc(C)nn3-c3c(C)cc(-c4ccc(CCCCCC)cc4)cc3C)c2)cc1.[Ir]. The van der Waals surface area contributed by atoms with Crippen LogP contribution in [0, 0.1) is 26.8 Å². The molecule has 0 fully saturated rings. The van der Waals surface area contributed by atoms with Crippen LogP contribution in [-0.2, 0) is 32.9 Å². The van der Waals surface area contributed by atoms with Gasteiger partial charge in [0.25, 0.3) is 0 Å². The number of hydrogen-bond donors (Lipinski definition) is 0. The average molecular weight is 775 g/mol. The van der Waals surface area contributed by atoms with Gasteiger partial charge in [0, 0.05) is 20.1 Å². The molecule has 237 valence electrons. The largest absolute Gasteiger partial charge is 0.262 e. The van der Waals surface area contributed by atoms with Crippen LogP contribution in [0.3, 0.4) is 0 Å².